The third kappa shape index (κ3) is 3.81. The summed E-state index contributed by atoms with van der Waals surface area (Å²) in [5.41, 5.74) is 2.27. The number of carbonyl (C=O) groups is 1. The van der Waals surface area contributed by atoms with Gasteiger partial charge < -0.3 is 0 Å². The first-order valence-corrected chi connectivity index (χ1v) is 10.6. The number of nitrogens with one attached hydrogen (secondary N) is 1. The number of benzene rings is 1. The van der Waals surface area contributed by atoms with Gasteiger partial charge in [0.1, 0.15) is 5.82 Å². The van der Waals surface area contributed by atoms with Crippen LogP contribution < -0.4 is 5.32 Å². The van der Waals surface area contributed by atoms with Crippen molar-refractivity contribution >= 4 is 11.9 Å². The fourth-order valence-electron chi connectivity index (χ4n) is 4.48. The van der Waals surface area contributed by atoms with Crippen molar-refractivity contribution in [3.63, 3.8) is 0 Å². The van der Waals surface area contributed by atoms with Gasteiger partial charge in [-0.2, -0.15) is 10.1 Å². The van der Waals surface area contributed by atoms with Gasteiger partial charge in [-0.15, -0.1) is 5.10 Å². The lowest BCUT2D eigenvalue weighted by molar-refractivity contribution is -0.120. The molecule has 1 N–H and O–H groups in total. The van der Waals surface area contributed by atoms with Gasteiger partial charge in [0.15, 0.2) is 0 Å². The molecule has 7 nitrogen and oxygen atoms in total. The Morgan fingerprint density at radius 3 is 2.72 bits per heavy atom. The maximum absolute atomic E-state index is 12.5. The summed E-state index contributed by atoms with van der Waals surface area (Å²) >= 11 is 0. The second-order valence-electron chi connectivity index (χ2n) is 8.15. The third-order valence-corrected chi connectivity index (χ3v) is 6.16. The summed E-state index contributed by atoms with van der Waals surface area (Å²) in [6.07, 6.45) is 11.4. The number of fused-ring (bicyclic) bond motifs is 1. The van der Waals surface area contributed by atoms with Gasteiger partial charge in [0.25, 0.3) is 0 Å². The predicted octanol–water partition coefficient (Wildman–Crippen LogP) is 3.71. The molecule has 1 atom stereocenters. The van der Waals surface area contributed by atoms with E-state index in [4.69, 9.17) is 0 Å². The Balaban J connectivity index is 1.27. The van der Waals surface area contributed by atoms with Crippen LogP contribution in [-0.2, 0) is 17.8 Å². The molecule has 1 unspecified atom stereocenters. The Bertz CT molecular complexity index is 986. The van der Waals surface area contributed by atoms with Crippen LogP contribution in [0.2, 0.25) is 0 Å². The summed E-state index contributed by atoms with van der Waals surface area (Å²) < 4.78 is 3.87. The second kappa shape index (κ2) is 7.81. The zero-order valence-electron chi connectivity index (χ0n) is 16.5. The summed E-state index contributed by atoms with van der Waals surface area (Å²) in [5, 5.41) is 12.1. The molecule has 150 valence electrons. The Morgan fingerprint density at radius 1 is 1.07 bits per heavy atom. The van der Waals surface area contributed by atoms with Crippen molar-refractivity contribution < 1.29 is 4.79 Å². The van der Waals surface area contributed by atoms with Crippen LogP contribution in [0, 0.1) is 5.92 Å². The van der Waals surface area contributed by atoms with E-state index in [1.165, 1.54) is 12.0 Å². The summed E-state index contributed by atoms with van der Waals surface area (Å²) in [6.45, 7) is 0.766. The van der Waals surface area contributed by atoms with Crippen molar-refractivity contribution in [2.45, 2.75) is 57.4 Å². The molecular formula is C22H26N6O. The van der Waals surface area contributed by atoms with E-state index in [-0.39, 0.29) is 11.8 Å². The highest BCUT2D eigenvalue weighted by molar-refractivity contribution is 5.90. The normalized spacial score (nSPS) is 19.7. The van der Waals surface area contributed by atoms with Crippen LogP contribution in [0.25, 0.3) is 5.69 Å². The molecule has 29 heavy (non-hydrogen) atoms. The second-order valence-corrected chi connectivity index (χ2v) is 8.15. The number of para-hydroxylation sites is 1. The van der Waals surface area contributed by atoms with Crippen molar-refractivity contribution in [3.05, 3.63) is 54.1 Å². The number of aromatic nitrogens is 5. The van der Waals surface area contributed by atoms with E-state index in [0.717, 1.165) is 56.6 Å². The summed E-state index contributed by atoms with van der Waals surface area (Å²) in [5.74, 6) is 1.95. The van der Waals surface area contributed by atoms with E-state index in [2.05, 4.69) is 38.8 Å². The smallest absolute Gasteiger partial charge is 0.248 e. The van der Waals surface area contributed by atoms with Crippen LogP contribution in [0.1, 0.15) is 55.8 Å². The number of amides is 1. The van der Waals surface area contributed by atoms with Crippen molar-refractivity contribution in [2.75, 3.05) is 5.32 Å². The SMILES string of the molecule is O=C(Nc1nc2n(n1)CC(c1cnn(-c3ccccc3)c1)CC2)C1CCCCC1. The van der Waals surface area contributed by atoms with Gasteiger partial charge in [0.2, 0.25) is 11.9 Å². The van der Waals surface area contributed by atoms with Crippen LogP contribution in [0.15, 0.2) is 42.7 Å². The van der Waals surface area contributed by atoms with Gasteiger partial charge in [-0.05, 0) is 37.0 Å². The van der Waals surface area contributed by atoms with Crippen LogP contribution >= 0.6 is 0 Å². The fourth-order valence-corrected chi connectivity index (χ4v) is 4.48. The van der Waals surface area contributed by atoms with E-state index in [1.54, 1.807) is 0 Å². The minimum absolute atomic E-state index is 0.0772. The maximum atomic E-state index is 12.5. The number of aryl methyl sites for hydroxylation is 1. The Hall–Kier alpha value is -2.96. The first kappa shape index (κ1) is 18.1. The van der Waals surface area contributed by atoms with Crippen LogP contribution in [0.5, 0.6) is 0 Å². The molecule has 1 aromatic carbocycles. The maximum Gasteiger partial charge on any atom is 0.248 e. The lowest BCUT2D eigenvalue weighted by Crippen LogP contribution is -2.25. The van der Waals surface area contributed by atoms with Crippen molar-refractivity contribution in [2.24, 2.45) is 5.92 Å². The summed E-state index contributed by atoms with van der Waals surface area (Å²) in [4.78, 5) is 17.1. The highest BCUT2D eigenvalue weighted by Gasteiger charge is 2.26. The number of hydrogen-bond donors (Lipinski definition) is 1. The molecule has 2 aromatic heterocycles. The van der Waals surface area contributed by atoms with Gasteiger partial charge in [-0.1, -0.05) is 37.5 Å². The van der Waals surface area contributed by atoms with Crippen LogP contribution in [0.3, 0.4) is 0 Å². The largest absolute Gasteiger partial charge is 0.293 e. The molecule has 0 spiro atoms. The number of nitrogens with zero attached hydrogens (tertiary/aromatic N) is 5. The molecule has 1 aliphatic carbocycles. The Kier molecular flexibility index (Phi) is 4.87. The first-order chi connectivity index (χ1) is 14.3. The average molecular weight is 390 g/mol. The lowest BCUT2D eigenvalue weighted by Gasteiger charge is -2.21. The highest BCUT2D eigenvalue weighted by Crippen LogP contribution is 2.29. The molecule has 3 heterocycles. The van der Waals surface area contributed by atoms with E-state index in [1.807, 2.05) is 33.8 Å². The molecule has 0 saturated heterocycles. The van der Waals surface area contributed by atoms with Gasteiger partial charge in [0, 0.05) is 24.5 Å². The summed E-state index contributed by atoms with van der Waals surface area (Å²) in [7, 11) is 0. The van der Waals surface area contributed by atoms with Crippen molar-refractivity contribution in [3.8, 4) is 5.69 Å². The van der Waals surface area contributed by atoms with E-state index < -0.39 is 0 Å². The third-order valence-electron chi connectivity index (χ3n) is 6.16. The lowest BCUT2D eigenvalue weighted by atomic mass is 9.89. The quantitative estimate of drug-likeness (QED) is 0.737. The fraction of sp³-hybridized carbons (Fsp3) is 0.455. The Morgan fingerprint density at radius 2 is 1.90 bits per heavy atom. The molecule has 7 heteroatoms. The predicted molar refractivity (Wildman–Crippen MR) is 110 cm³/mol. The summed E-state index contributed by atoms with van der Waals surface area (Å²) in [6, 6.07) is 10.1. The highest BCUT2D eigenvalue weighted by atomic mass is 16.2. The molecule has 0 radical (unpaired) electrons. The molecule has 2 aliphatic rings. The van der Waals surface area contributed by atoms with Crippen molar-refractivity contribution in [1.29, 1.82) is 0 Å². The van der Waals surface area contributed by atoms with Gasteiger partial charge in [0.05, 0.1) is 18.4 Å². The van der Waals surface area contributed by atoms with Crippen LogP contribution in [0.4, 0.5) is 5.95 Å². The molecule has 1 aliphatic heterocycles. The van der Waals surface area contributed by atoms with E-state index in [0.29, 0.717) is 11.9 Å². The standard InChI is InChI=1S/C22H26N6O/c29-21(16-7-3-1-4-8-16)25-22-24-20-12-11-17(14-28(20)26-22)18-13-23-27(15-18)19-9-5-2-6-10-19/h2,5-6,9-10,13,15-17H,1,3-4,7-8,11-12,14H2,(H,25,26,29). The van der Waals surface area contributed by atoms with E-state index in [9.17, 15) is 4.79 Å². The monoisotopic (exact) mass is 390 g/mol. The molecule has 1 amide bonds. The zero-order valence-corrected chi connectivity index (χ0v) is 16.5. The van der Waals surface area contributed by atoms with Crippen LogP contribution in [-0.4, -0.2) is 30.5 Å². The zero-order chi connectivity index (χ0) is 19.6. The average Bonchev–Trinajstić information content (AvgIpc) is 3.41. The molecule has 0 bridgehead atoms. The molecule has 5 rings (SSSR count). The minimum atomic E-state index is 0.0772. The van der Waals surface area contributed by atoms with E-state index >= 15 is 0 Å². The number of carbonyl (C=O) groups excluding carboxylic acids is 1. The molecule has 3 aromatic rings. The topological polar surface area (TPSA) is 77.6 Å². The van der Waals surface area contributed by atoms with Gasteiger partial charge in [-0.25, -0.2) is 9.36 Å². The molecule has 1 saturated carbocycles. The number of rotatable bonds is 4. The number of hydrogen-bond acceptors (Lipinski definition) is 4. The van der Waals surface area contributed by atoms with Gasteiger partial charge >= 0.3 is 0 Å². The molecule has 1 fully saturated rings. The van der Waals surface area contributed by atoms with Crippen molar-refractivity contribution in [1.82, 2.24) is 24.5 Å². The van der Waals surface area contributed by atoms with Gasteiger partial charge in [-0.3, -0.25) is 10.1 Å². The minimum Gasteiger partial charge on any atom is -0.293 e. The molecular weight excluding hydrogens is 364 g/mol. The Labute approximate surface area is 170 Å². The first-order valence-electron chi connectivity index (χ1n) is 10.6. The number of anilines is 1.